The van der Waals surface area contributed by atoms with Gasteiger partial charge in [-0.1, -0.05) is 25.5 Å². The summed E-state index contributed by atoms with van der Waals surface area (Å²) in [7, 11) is 0. The topological polar surface area (TPSA) is 23.8 Å². The maximum Gasteiger partial charge on any atom is 0.0915 e. The number of hydrogen-bond donors (Lipinski definition) is 0. The first kappa shape index (κ1) is 9.06. The molecule has 0 aromatic rings. The van der Waals surface area contributed by atoms with Gasteiger partial charge in [0.15, 0.2) is 0 Å². The van der Waals surface area contributed by atoms with Gasteiger partial charge >= 0.3 is 0 Å². The number of nitriles is 1. The van der Waals surface area contributed by atoms with Gasteiger partial charge in [0.2, 0.25) is 0 Å². The monoisotopic (exact) mass is 161 g/mol. The molecule has 1 heteroatoms. The molecular weight excluding hydrogens is 146 g/mol. The third kappa shape index (κ3) is 1.58. The molecule has 0 bridgehead atoms. The van der Waals surface area contributed by atoms with E-state index in [0.717, 1.165) is 12.8 Å². The van der Waals surface area contributed by atoms with Crippen molar-refractivity contribution in [2.75, 3.05) is 0 Å². The molecule has 0 spiro atoms. The smallest absolute Gasteiger partial charge is 0.0915 e. The molecule has 12 heavy (non-hydrogen) atoms. The summed E-state index contributed by atoms with van der Waals surface area (Å²) in [6, 6.07) is 2.12. The van der Waals surface area contributed by atoms with Gasteiger partial charge in [-0.15, -0.1) is 0 Å². The molecule has 0 aromatic heterocycles. The maximum absolute atomic E-state index is 8.61. The minimum absolute atomic E-state index is 0.189. The van der Waals surface area contributed by atoms with Gasteiger partial charge in [-0.25, -0.2) is 0 Å². The fourth-order valence-corrected chi connectivity index (χ4v) is 1.80. The number of rotatable bonds is 0. The second kappa shape index (κ2) is 3.15. The molecule has 0 N–H and O–H groups in total. The predicted octanol–water partition coefficient (Wildman–Crippen LogP) is 3.20. The van der Waals surface area contributed by atoms with E-state index in [9.17, 15) is 0 Å². The van der Waals surface area contributed by atoms with Crippen LogP contribution in [-0.2, 0) is 0 Å². The molecular formula is C11H15N. The largest absolute Gasteiger partial charge is 0.193 e. The van der Waals surface area contributed by atoms with Crippen LogP contribution in [-0.4, -0.2) is 0 Å². The first-order valence-corrected chi connectivity index (χ1v) is 4.35. The first-order valence-electron chi connectivity index (χ1n) is 4.35. The lowest BCUT2D eigenvalue weighted by Crippen LogP contribution is -2.18. The fraction of sp³-hybridized carbons (Fsp3) is 0.545. The van der Waals surface area contributed by atoms with E-state index in [1.165, 1.54) is 11.1 Å². The van der Waals surface area contributed by atoms with Crippen molar-refractivity contribution < 1.29 is 0 Å². The number of allylic oxidation sites excluding steroid dienone is 4. The Morgan fingerprint density at radius 3 is 2.75 bits per heavy atom. The Bertz CT molecular complexity index is 274. The summed E-state index contributed by atoms with van der Waals surface area (Å²) in [5.74, 6) is 0. The van der Waals surface area contributed by atoms with Gasteiger partial charge in [-0.3, -0.25) is 0 Å². The second-order valence-corrected chi connectivity index (χ2v) is 4.00. The lowest BCUT2D eigenvalue weighted by atomic mass is 9.73. The van der Waals surface area contributed by atoms with Crippen molar-refractivity contribution in [3.05, 3.63) is 23.3 Å². The molecule has 0 amide bonds. The van der Waals surface area contributed by atoms with Crippen molar-refractivity contribution >= 4 is 0 Å². The van der Waals surface area contributed by atoms with Crippen molar-refractivity contribution in [1.82, 2.24) is 0 Å². The highest BCUT2D eigenvalue weighted by Gasteiger charge is 2.26. The van der Waals surface area contributed by atoms with E-state index in [-0.39, 0.29) is 5.41 Å². The van der Waals surface area contributed by atoms with Crippen LogP contribution in [0.5, 0.6) is 0 Å². The predicted molar refractivity (Wildman–Crippen MR) is 50.5 cm³/mol. The van der Waals surface area contributed by atoms with E-state index >= 15 is 0 Å². The summed E-state index contributed by atoms with van der Waals surface area (Å²) in [6.07, 6.45) is 6.19. The minimum atomic E-state index is 0.189. The van der Waals surface area contributed by atoms with Gasteiger partial charge in [0.1, 0.15) is 0 Å². The molecule has 0 atom stereocenters. The Morgan fingerprint density at radius 2 is 2.25 bits per heavy atom. The maximum atomic E-state index is 8.61. The molecule has 1 rings (SSSR count). The molecule has 1 aliphatic rings. The molecule has 64 valence electrons. The summed E-state index contributed by atoms with van der Waals surface area (Å²) in [5, 5.41) is 8.61. The van der Waals surface area contributed by atoms with Crippen LogP contribution in [0.1, 0.15) is 33.6 Å². The van der Waals surface area contributed by atoms with Crippen LogP contribution < -0.4 is 0 Å². The summed E-state index contributed by atoms with van der Waals surface area (Å²) in [6.45, 7) is 6.49. The Hall–Kier alpha value is -1.03. The van der Waals surface area contributed by atoms with Crippen molar-refractivity contribution in [3.8, 4) is 6.07 Å². The van der Waals surface area contributed by atoms with Gasteiger partial charge < -0.3 is 0 Å². The Balaban J connectivity index is 3.07. The molecule has 0 fully saturated rings. The van der Waals surface area contributed by atoms with Crippen LogP contribution in [0.15, 0.2) is 23.3 Å². The second-order valence-electron chi connectivity index (χ2n) is 4.00. The van der Waals surface area contributed by atoms with Gasteiger partial charge in [0.25, 0.3) is 0 Å². The van der Waals surface area contributed by atoms with E-state index in [2.05, 4.69) is 32.9 Å². The standard InChI is InChI=1S/C11H15N/c1-9-5-4-7-11(2,3)10(9)6-8-12/h5-6H,4,7H2,1-3H3/b10-6+. The summed E-state index contributed by atoms with van der Waals surface area (Å²) in [4.78, 5) is 0. The average molecular weight is 161 g/mol. The zero-order valence-corrected chi connectivity index (χ0v) is 8.02. The zero-order valence-electron chi connectivity index (χ0n) is 8.02. The molecule has 1 aliphatic carbocycles. The molecule has 0 saturated carbocycles. The molecule has 0 unspecified atom stereocenters. The highest BCUT2D eigenvalue weighted by Crippen LogP contribution is 2.39. The molecule has 0 heterocycles. The van der Waals surface area contributed by atoms with Gasteiger partial charge in [0.05, 0.1) is 6.07 Å². The average Bonchev–Trinajstić information content (AvgIpc) is 1.97. The summed E-state index contributed by atoms with van der Waals surface area (Å²) in [5.41, 5.74) is 2.67. The SMILES string of the molecule is CC1=CCCC(C)(C)/C1=C/C#N. The molecule has 1 nitrogen and oxygen atoms in total. The molecule has 0 aromatic carbocycles. The van der Waals surface area contributed by atoms with E-state index in [0.29, 0.717) is 0 Å². The van der Waals surface area contributed by atoms with Crippen LogP contribution >= 0.6 is 0 Å². The third-order valence-corrected chi connectivity index (χ3v) is 2.58. The number of hydrogen-bond acceptors (Lipinski definition) is 1. The van der Waals surface area contributed by atoms with E-state index < -0.39 is 0 Å². The Kier molecular flexibility index (Phi) is 2.38. The molecule has 0 radical (unpaired) electrons. The summed E-state index contributed by atoms with van der Waals surface area (Å²) >= 11 is 0. The van der Waals surface area contributed by atoms with Crippen LogP contribution in [0.2, 0.25) is 0 Å². The van der Waals surface area contributed by atoms with E-state index in [4.69, 9.17) is 5.26 Å². The van der Waals surface area contributed by atoms with Crippen LogP contribution in [0.4, 0.5) is 0 Å². The lowest BCUT2D eigenvalue weighted by Gasteiger charge is -2.31. The number of nitrogens with zero attached hydrogens (tertiary/aromatic N) is 1. The highest BCUT2D eigenvalue weighted by molar-refractivity contribution is 5.39. The van der Waals surface area contributed by atoms with Gasteiger partial charge in [0, 0.05) is 6.08 Å². The van der Waals surface area contributed by atoms with Crippen LogP contribution in [0.3, 0.4) is 0 Å². The summed E-state index contributed by atoms with van der Waals surface area (Å²) < 4.78 is 0. The van der Waals surface area contributed by atoms with Gasteiger partial charge in [-0.05, 0) is 30.8 Å². The van der Waals surface area contributed by atoms with Crippen molar-refractivity contribution in [2.24, 2.45) is 5.41 Å². The van der Waals surface area contributed by atoms with Crippen molar-refractivity contribution in [3.63, 3.8) is 0 Å². The van der Waals surface area contributed by atoms with Crippen LogP contribution in [0, 0.1) is 16.7 Å². The van der Waals surface area contributed by atoms with E-state index in [1.54, 1.807) is 6.08 Å². The van der Waals surface area contributed by atoms with Crippen molar-refractivity contribution in [2.45, 2.75) is 33.6 Å². The molecule has 0 aliphatic heterocycles. The van der Waals surface area contributed by atoms with Gasteiger partial charge in [-0.2, -0.15) is 5.26 Å². The minimum Gasteiger partial charge on any atom is -0.193 e. The van der Waals surface area contributed by atoms with Crippen LogP contribution in [0.25, 0.3) is 0 Å². The van der Waals surface area contributed by atoms with E-state index in [1.807, 2.05) is 0 Å². The third-order valence-electron chi connectivity index (χ3n) is 2.58. The Labute approximate surface area is 74.4 Å². The van der Waals surface area contributed by atoms with Crippen molar-refractivity contribution in [1.29, 1.82) is 5.26 Å². The lowest BCUT2D eigenvalue weighted by molar-refractivity contribution is 0.404. The first-order chi connectivity index (χ1) is 5.58. The quantitative estimate of drug-likeness (QED) is 0.500. The fourth-order valence-electron chi connectivity index (χ4n) is 1.80. The Morgan fingerprint density at radius 1 is 1.58 bits per heavy atom. The molecule has 0 saturated heterocycles. The normalized spacial score (nSPS) is 24.8. The highest BCUT2D eigenvalue weighted by atomic mass is 14.3. The zero-order chi connectivity index (χ0) is 9.19.